The van der Waals surface area contributed by atoms with Gasteiger partial charge in [0.25, 0.3) is 0 Å². The van der Waals surface area contributed by atoms with Crippen molar-refractivity contribution in [2.24, 2.45) is 5.41 Å². The van der Waals surface area contributed by atoms with Crippen molar-refractivity contribution < 1.29 is 9.59 Å². The van der Waals surface area contributed by atoms with Gasteiger partial charge in [0.05, 0.1) is 6.54 Å². The molecule has 0 radical (unpaired) electrons. The Hall–Kier alpha value is -3.28. The lowest BCUT2D eigenvalue weighted by Gasteiger charge is -2.20. The molecule has 0 spiro atoms. The Balaban J connectivity index is 1.75. The standard InChI is InChI=1S/C26H34N4O2/c1-26(2,3)14-24(31)29-17-25(32)28-15-21(18-10-12-19(13-11-18)30(4)5)22-16-27-23-9-7-6-8-20(22)23/h6-13,16,21,27H,14-15,17H2,1-5H3,(H,28,32)(H,29,31). The maximum atomic E-state index is 12.5. The summed E-state index contributed by atoms with van der Waals surface area (Å²) >= 11 is 0. The van der Waals surface area contributed by atoms with Crippen LogP contribution in [0.5, 0.6) is 0 Å². The minimum absolute atomic E-state index is 0.0170. The number of carbonyl (C=O) groups excluding carboxylic acids is 2. The number of hydrogen-bond donors (Lipinski definition) is 3. The van der Waals surface area contributed by atoms with Gasteiger partial charge in [-0.1, -0.05) is 51.1 Å². The third-order valence-corrected chi connectivity index (χ3v) is 5.45. The first kappa shape index (κ1) is 23.4. The van der Waals surface area contributed by atoms with Gasteiger partial charge in [-0.2, -0.15) is 0 Å². The molecule has 0 aliphatic heterocycles. The zero-order valence-corrected chi connectivity index (χ0v) is 19.7. The van der Waals surface area contributed by atoms with Crippen molar-refractivity contribution in [1.82, 2.24) is 15.6 Å². The van der Waals surface area contributed by atoms with Crippen molar-refractivity contribution in [1.29, 1.82) is 0 Å². The first-order valence-corrected chi connectivity index (χ1v) is 11.0. The maximum absolute atomic E-state index is 12.5. The van der Waals surface area contributed by atoms with Crippen LogP contribution in [0.3, 0.4) is 0 Å². The van der Waals surface area contributed by atoms with Gasteiger partial charge in [0, 0.05) is 55.8 Å². The average Bonchev–Trinajstić information content (AvgIpc) is 3.15. The van der Waals surface area contributed by atoms with E-state index in [1.54, 1.807) is 0 Å². The fourth-order valence-corrected chi connectivity index (χ4v) is 3.80. The normalized spacial score (nSPS) is 12.4. The van der Waals surface area contributed by atoms with Crippen LogP contribution >= 0.6 is 0 Å². The number of para-hydroxylation sites is 1. The second kappa shape index (κ2) is 9.90. The Morgan fingerprint density at radius 3 is 2.31 bits per heavy atom. The highest BCUT2D eigenvalue weighted by atomic mass is 16.2. The van der Waals surface area contributed by atoms with Crippen LogP contribution in [-0.2, 0) is 9.59 Å². The van der Waals surface area contributed by atoms with Crippen LogP contribution in [0, 0.1) is 5.41 Å². The van der Waals surface area contributed by atoms with Crippen LogP contribution in [0.1, 0.15) is 44.2 Å². The number of aromatic amines is 1. The summed E-state index contributed by atoms with van der Waals surface area (Å²) in [4.78, 5) is 29.9. The van der Waals surface area contributed by atoms with E-state index in [2.05, 4.69) is 50.8 Å². The number of nitrogens with zero attached hydrogens (tertiary/aromatic N) is 1. The lowest BCUT2D eigenvalue weighted by atomic mass is 9.90. The molecule has 3 N–H and O–H groups in total. The first-order valence-electron chi connectivity index (χ1n) is 11.0. The number of amides is 2. The van der Waals surface area contributed by atoms with Crippen LogP contribution in [0.4, 0.5) is 5.69 Å². The molecule has 0 saturated carbocycles. The van der Waals surface area contributed by atoms with Gasteiger partial charge in [0.2, 0.25) is 11.8 Å². The van der Waals surface area contributed by atoms with Crippen molar-refractivity contribution in [3.63, 3.8) is 0 Å². The van der Waals surface area contributed by atoms with Gasteiger partial charge in [-0.3, -0.25) is 9.59 Å². The Labute approximate surface area is 190 Å². The number of hydrogen-bond acceptors (Lipinski definition) is 3. The highest BCUT2D eigenvalue weighted by molar-refractivity contribution is 5.86. The molecular weight excluding hydrogens is 400 g/mol. The minimum Gasteiger partial charge on any atom is -0.378 e. The summed E-state index contributed by atoms with van der Waals surface area (Å²) < 4.78 is 0. The predicted octanol–water partition coefficient (Wildman–Crippen LogP) is 4.03. The number of rotatable bonds is 8. The molecule has 2 amide bonds. The summed E-state index contributed by atoms with van der Waals surface area (Å²) in [6.45, 7) is 6.42. The van der Waals surface area contributed by atoms with Crippen molar-refractivity contribution in [2.45, 2.75) is 33.1 Å². The van der Waals surface area contributed by atoms with Gasteiger partial charge in [-0.05, 0) is 34.7 Å². The molecule has 1 aromatic heterocycles. The van der Waals surface area contributed by atoms with E-state index in [1.807, 2.05) is 59.3 Å². The SMILES string of the molecule is CN(C)c1ccc(C(CNC(=O)CNC(=O)CC(C)(C)C)c2c[nH]c3ccccc23)cc1. The Morgan fingerprint density at radius 1 is 0.969 bits per heavy atom. The Kier molecular flexibility index (Phi) is 7.23. The molecule has 1 unspecified atom stereocenters. The molecular formula is C26H34N4O2. The number of nitrogens with one attached hydrogen (secondary N) is 3. The average molecular weight is 435 g/mol. The summed E-state index contributed by atoms with van der Waals surface area (Å²) in [5, 5.41) is 6.88. The zero-order chi connectivity index (χ0) is 23.3. The number of benzene rings is 2. The topological polar surface area (TPSA) is 77.2 Å². The van der Waals surface area contributed by atoms with Crippen molar-refractivity contribution >= 4 is 28.4 Å². The molecule has 6 heteroatoms. The molecule has 0 fully saturated rings. The Bertz CT molecular complexity index is 1060. The van der Waals surface area contributed by atoms with Gasteiger partial charge >= 0.3 is 0 Å². The smallest absolute Gasteiger partial charge is 0.239 e. The quantitative estimate of drug-likeness (QED) is 0.501. The van der Waals surface area contributed by atoms with E-state index < -0.39 is 0 Å². The van der Waals surface area contributed by atoms with E-state index >= 15 is 0 Å². The fraction of sp³-hybridized carbons (Fsp3) is 0.385. The summed E-state index contributed by atoms with van der Waals surface area (Å²) in [6.07, 6.45) is 2.41. The predicted molar refractivity (Wildman–Crippen MR) is 131 cm³/mol. The largest absolute Gasteiger partial charge is 0.378 e. The lowest BCUT2D eigenvalue weighted by Crippen LogP contribution is -2.39. The molecule has 170 valence electrons. The molecule has 0 saturated heterocycles. The van der Waals surface area contributed by atoms with Gasteiger partial charge in [0.15, 0.2) is 0 Å². The van der Waals surface area contributed by atoms with E-state index in [9.17, 15) is 9.59 Å². The highest BCUT2D eigenvalue weighted by Crippen LogP contribution is 2.31. The minimum atomic E-state index is -0.193. The van der Waals surface area contributed by atoms with E-state index in [-0.39, 0.29) is 29.7 Å². The molecule has 1 heterocycles. The molecule has 1 atom stereocenters. The molecule has 0 aliphatic carbocycles. The third kappa shape index (κ3) is 6.13. The van der Waals surface area contributed by atoms with E-state index in [1.165, 1.54) is 0 Å². The molecule has 0 bridgehead atoms. The van der Waals surface area contributed by atoms with E-state index in [0.29, 0.717) is 13.0 Å². The second-order valence-corrected chi connectivity index (χ2v) is 9.65. The summed E-state index contributed by atoms with van der Waals surface area (Å²) in [5.74, 6) is -0.321. The molecule has 32 heavy (non-hydrogen) atoms. The fourth-order valence-electron chi connectivity index (χ4n) is 3.80. The number of fused-ring (bicyclic) bond motifs is 1. The van der Waals surface area contributed by atoms with Crippen molar-refractivity contribution in [3.8, 4) is 0 Å². The van der Waals surface area contributed by atoms with Crippen LogP contribution in [-0.4, -0.2) is 44.0 Å². The van der Waals surface area contributed by atoms with Crippen LogP contribution in [0.15, 0.2) is 54.7 Å². The number of H-pyrrole nitrogens is 1. The number of anilines is 1. The molecule has 3 aromatic rings. The van der Waals surface area contributed by atoms with Gasteiger partial charge < -0.3 is 20.5 Å². The summed E-state index contributed by atoms with van der Waals surface area (Å²) in [5.41, 5.74) is 4.34. The molecule has 6 nitrogen and oxygen atoms in total. The number of aromatic nitrogens is 1. The number of carbonyl (C=O) groups is 2. The molecule has 0 aliphatic rings. The lowest BCUT2D eigenvalue weighted by molar-refractivity contribution is -0.127. The van der Waals surface area contributed by atoms with Gasteiger partial charge in [-0.25, -0.2) is 0 Å². The highest BCUT2D eigenvalue weighted by Gasteiger charge is 2.20. The molecule has 3 rings (SSSR count). The second-order valence-electron chi connectivity index (χ2n) is 9.65. The summed E-state index contributed by atoms with van der Waals surface area (Å²) in [6, 6.07) is 16.6. The van der Waals surface area contributed by atoms with Crippen LogP contribution < -0.4 is 15.5 Å². The third-order valence-electron chi connectivity index (χ3n) is 5.45. The summed E-state index contributed by atoms with van der Waals surface area (Å²) in [7, 11) is 4.03. The maximum Gasteiger partial charge on any atom is 0.239 e. The van der Waals surface area contributed by atoms with Crippen molar-refractivity contribution in [3.05, 3.63) is 65.9 Å². The van der Waals surface area contributed by atoms with Crippen LogP contribution in [0.25, 0.3) is 10.9 Å². The zero-order valence-electron chi connectivity index (χ0n) is 19.7. The molecule has 2 aromatic carbocycles. The van der Waals surface area contributed by atoms with Crippen LogP contribution in [0.2, 0.25) is 0 Å². The first-order chi connectivity index (χ1) is 15.1. The van der Waals surface area contributed by atoms with Gasteiger partial charge in [-0.15, -0.1) is 0 Å². The Morgan fingerprint density at radius 2 is 1.66 bits per heavy atom. The monoisotopic (exact) mass is 434 g/mol. The van der Waals surface area contributed by atoms with Crippen molar-refractivity contribution in [2.75, 3.05) is 32.1 Å². The van der Waals surface area contributed by atoms with E-state index in [0.717, 1.165) is 27.7 Å². The van der Waals surface area contributed by atoms with E-state index in [4.69, 9.17) is 0 Å². The van der Waals surface area contributed by atoms with Gasteiger partial charge in [0.1, 0.15) is 0 Å².